The monoisotopic (exact) mass is 630 g/mol. The van der Waals surface area contributed by atoms with E-state index in [1.165, 1.54) is 102 Å². The predicted octanol–water partition coefficient (Wildman–Crippen LogP) is 8.50. The van der Waals surface area contributed by atoms with Crippen molar-refractivity contribution >= 4 is 11.8 Å². The molecule has 0 saturated carbocycles. The summed E-state index contributed by atoms with van der Waals surface area (Å²) in [7, 11) is 0. The Morgan fingerprint density at radius 1 is 0.733 bits per heavy atom. The molecule has 2 unspecified atom stereocenters. The summed E-state index contributed by atoms with van der Waals surface area (Å²) in [5, 5.41) is 20.6. The van der Waals surface area contributed by atoms with Crippen molar-refractivity contribution in [2.45, 2.75) is 175 Å². The summed E-state index contributed by atoms with van der Waals surface area (Å²) in [6.07, 6.45) is 22.3. The average molecular weight is 630 g/mol. The number of carbonyl (C=O) groups is 2. The summed E-state index contributed by atoms with van der Waals surface area (Å²) < 4.78 is 0. The minimum Gasteiger partial charge on any atom is -0.391 e. The number of aliphatic hydroxyl groups is 1. The minimum atomic E-state index is -0.649. The van der Waals surface area contributed by atoms with Gasteiger partial charge in [-0.3, -0.25) is 9.59 Å². The van der Waals surface area contributed by atoms with Crippen LogP contribution in [0.5, 0.6) is 0 Å². The first kappa shape index (κ1) is 41.1. The molecular weight excluding hydrogens is 558 g/mol. The highest BCUT2D eigenvalue weighted by Gasteiger charge is 2.25. The zero-order valence-corrected chi connectivity index (χ0v) is 29.9. The number of hydrogen-bond acceptors (Lipinski definition) is 4. The second-order valence-electron chi connectivity index (χ2n) is 14.1. The number of unbranched alkanes of at least 4 members (excludes halogenated alkanes) is 15. The molecule has 45 heavy (non-hydrogen) atoms. The van der Waals surface area contributed by atoms with E-state index in [4.69, 9.17) is 0 Å². The number of carbonyl (C=O) groups excluding carboxylic acids is 2. The summed E-state index contributed by atoms with van der Waals surface area (Å²) >= 11 is 0. The highest BCUT2D eigenvalue weighted by molar-refractivity contribution is 5.87. The Labute approximate surface area is 277 Å². The molecule has 2 amide bonds. The summed E-state index contributed by atoms with van der Waals surface area (Å²) in [4.78, 5) is 25.4. The van der Waals surface area contributed by atoms with E-state index < -0.39 is 12.1 Å². The number of rotatable bonds is 29. The molecule has 6 heteroatoms. The van der Waals surface area contributed by atoms with Gasteiger partial charge in [0.2, 0.25) is 11.8 Å². The van der Waals surface area contributed by atoms with Crippen molar-refractivity contribution in [2.24, 2.45) is 11.8 Å². The third kappa shape index (κ3) is 22.3. The van der Waals surface area contributed by atoms with Crippen molar-refractivity contribution < 1.29 is 14.7 Å². The fourth-order valence-corrected chi connectivity index (χ4v) is 5.85. The second-order valence-corrected chi connectivity index (χ2v) is 14.1. The van der Waals surface area contributed by atoms with E-state index in [0.29, 0.717) is 25.3 Å². The lowest BCUT2D eigenvalue weighted by Gasteiger charge is -2.26. The SMILES string of the molecule is CCCCCCCCCCCCCCCCCCNC(Cc1ccccc1)C(O)CCC(=O)N[C@H](C(=O)NCC(C)C)C(C)C. The van der Waals surface area contributed by atoms with Crippen LogP contribution >= 0.6 is 0 Å². The Morgan fingerprint density at radius 3 is 1.73 bits per heavy atom. The van der Waals surface area contributed by atoms with Gasteiger partial charge in [-0.2, -0.15) is 0 Å². The molecule has 0 fully saturated rings. The molecule has 6 nitrogen and oxygen atoms in total. The van der Waals surface area contributed by atoms with Crippen molar-refractivity contribution in [3.8, 4) is 0 Å². The Bertz CT molecular complexity index is 845. The van der Waals surface area contributed by atoms with Crippen LogP contribution in [0.2, 0.25) is 0 Å². The average Bonchev–Trinajstić information content (AvgIpc) is 3.02. The normalized spacial score (nSPS) is 13.6. The molecule has 0 aliphatic carbocycles. The molecule has 0 heterocycles. The molecule has 1 aromatic rings. The maximum Gasteiger partial charge on any atom is 0.242 e. The molecule has 1 aromatic carbocycles. The largest absolute Gasteiger partial charge is 0.391 e. The third-order valence-corrected chi connectivity index (χ3v) is 8.82. The number of hydrogen-bond donors (Lipinski definition) is 4. The van der Waals surface area contributed by atoms with E-state index in [1.807, 2.05) is 45.9 Å². The summed E-state index contributed by atoms with van der Waals surface area (Å²) in [5.41, 5.74) is 1.17. The lowest BCUT2D eigenvalue weighted by Crippen LogP contribution is -2.50. The van der Waals surface area contributed by atoms with Crippen LogP contribution in [0.3, 0.4) is 0 Å². The zero-order chi connectivity index (χ0) is 33.1. The van der Waals surface area contributed by atoms with Gasteiger partial charge in [0.05, 0.1) is 6.10 Å². The molecule has 0 aliphatic rings. The number of benzene rings is 1. The summed E-state index contributed by atoms with van der Waals surface area (Å²) in [6, 6.07) is 9.55. The van der Waals surface area contributed by atoms with Gasteiger partial charge in [0.25, 0.3) is 0 Å². The Kier molecular flexibility index (Phi) is 24.9. The van der Waals surface area contributed by atoms with Crippen molar-refractivity contribution in [3.05, 3.63) is 35.9 Å². The van der Waals surface area contributed by atoms with Gasteiger partial charge in [0.1, 0.15) is 6.04 Å². The number of amides is 2. The zero-order valence-electron chi connectivity index (χ0n) is 29.9. The van der Waals surface area contributed by atoms with Crippen LogP contribution in [-0.2, 0) is 16.0 Å². The van der Waals surface area contributed by atoms with Crippen molar-refractivity contribution in [3.63, 3.8) is 0 Å². The van der Waals surface area contributed by atoms with Gasteiger partial charge in [-0.25, -0.2) is 0 Å². The van der Waals surface area contributed by atoms with E-state index in [1.54, 1.807) is 0 Å². The van der Waals surface area contributed by atoms with Crippen LogP contribution in [0.1, 0.15) is 156 Å². The first-order chi connectivity index (χ1) is 21.7. The van der Waals surface area contributed by atoms with Gasteiger partial charge in [0.15, 0.2) is 0 Å². The van der Waals surface area contributed by atoms with Crippen LogP contribution in [0.25, 0.3) is 0 Å². The predicted molar refractivity (Wildman–Crippen MR) is 191 cm³/mol. The lowest BCUT2D eigenvalue weighted by atomic mass is 9.97. The molecule has 4 N–H and O–H groups in total. The minimum absolute atomic E-state index is 0.0155. The highest BCUT2D eigenvalue weighted by Crippen LogP contribution is 2.15. The van der Waals surface area contributed by atoms with Crippen LogP contribution in [0, 0.1) is 11.8 Å². The van der Waals surface area contributed by atoms with E-state index in [9.17, 15) is 14.7 Å². The van der Waals surface area contributed by atoms with Crippen molar-refractivity contribution in [1.29, 1.82) is 0 Å². The molecule has 3 atom stereocenters. The lowest BCUT2D eigenvalue weighted by molar-refractivity contribution is -0.130. The first-order valence-corrected chi connectivity index (χ1v) is 18.8. The van der Waals surface area contributed by atoms with Gasteiger partial charge >= 0.3 is 0 Å². The van der Waals surface area contributed by atoms with Gasteiger partial charge in [-0.05, 0) is 43.2 Å². The number of aliphatic hydroxyl groups excluding tert-OH is 1. The molecule has 0 saturated heterocycles. The molecule has 0 bridgehead atoms. The van der Waals surface area contributed by atoms with Crippen LogP contribution in [-0.4, -0.2) is 48.2 Å². The van der Waals surface area contributed by atoms with Crippen LogP contribution < -0.4 is 16.0 Å². The van der Waals surface area contributed by atoms with E-state index in [-0.39, 0.29) is 30.2 Å². The molecule has 0 spiro atoms. The Hall–Kier alpha value is -1.92. The smallest absolute Gasteiger partial charge is 0.242 e. The van der Waals surface area contributed by atoms with Gasteiger partial charge in [-0.15, -0.1) is 0 Å². The summed E-state index contributed by atoms with van der Waals surface area (Å²) in [6.45, 7) is 11.7. The molecular formula is C39H71N3O3. The fourth-order valence-electron chi connectivity index (χ4n) is 5.85. The van der Waals surface area contributed by atoms with Crippen molar-refractivity contribution in [2.75, 3.05) is 13.1 Å². The fraction of sp³-hybridized carbons (Fsp3) is 0.795. The quantitative estimate of drug-likeness (QED) is 0.0669. The molecule has 0 aromatic heterocycles. The highest BCUT2D eigenvalue weighted by atomic mass is 16.3. The molecule has 0 aliphatic heterocycles. The molecule has 260 valence electrons. The first-order valence-electron chi connectivity index (χ1n) is 18.8. The third-order valence-electron chi connectivity index (χ3n) is 8.82. The van der Waals surface area contributed by atoms with E-state index in [0.717, 1.165) is 13.0 Å². The van der Waals surface area contributed by atoms with E-state index in [2.05, 4.69) is 35.0 Å². The van der Waals surface area contributed by atoms with Gasteiger partial charge in [0, 0.05) is 19.0 Å². The number of nitrogens with one attached hydrogen (secondary N) is 3. The molecule has 1 rings (SSSR count). The van der Waals surface area contributed by atoms with Gasteiger partial charge in [-0.1, -0.05) is 161 Å². The summed E-state index contributed by atoms with van der Waals surface area (Å²) in [5.74, 6) is -0.00199. The molecule has 0 radical (unpaired) electrons. The van der Waals surface area contributed by atoms with Gasteiger partial charge < -0.3 is 21.1 Å². The Balaban J connectivity index is 2.32. The van der Waals surface area contributed by atoms with Crippen LogP contribution in [0.15, 0.2) is 30.3 Å². The maximum absolute atomic E-state index is 12.8. The standard InChI is InChI=1S/C39H71N3O3/c1-6-7-8-9-10-11-12-13-14-15-16-17-18-19-20-24-29-40-35(30-34-25-22-21-23-26-34)36(43)27-28-37(44)42-38(33(4)5)39(45)41-31-32(2)3/h21-23,25-26,32-33,35-36,38,40,43H,6-20,24,27-31H2,1-5H3,(H,41,45)(H,42,44)/t35?,36?,38-/m0/s1. The maximum atomic E-state index is 12.8. The Morgan fingerprint density at radius 2 is 1.24 bits per heavy atom. The van der Waals surface area contributed by atoms with Crippen LogP contribution in [0.4, 0.5) is 0 Å². The topological polar surface area (TPSA) is 90.5 Å². The second kappa shape index (κ2) is 27.2. The van der Waals surface area contributed by atoms with E-state index >= 15 is 0 Å². The van der Waals surface area contributed by atoms with Crippen molar-refractivity contribution in [1.82, 2.24) is 16.0 Å².